The Morgan fingerprint density at radius 2 is 1.38 bits per heavy atom. The number of morpholine rings is 1. The zero-order valence-corrected chi connectivity index (χ0v) is 22.9. The van der Waals surface area contributed by atoms with E-state index in [-0.39, 0.29) is 17.1 Å². The number of benzene rings is 1. The van der Waals surface area contributed by atoms with Gasteiger partial charge in [-0.1, -0.05) is 50.7 Å². The number of hydrogen-bond donors (Lipinski definition) is 0. The fraction of sp³-hybridized carbons (Fsp3) is 0.714. The Morgan fingerprint density at radius 1 is 0.784 bits per heavy atom. The maximum atomic E-state index is 13.5. The molecular weight excluding hydrogens is 490 g/mol. The van der Waals surface area contributed by atoms with Crippen LogP contribution in [0.15, 0.2) is 24.3 Å². The van der Waals surface area contributed by atoms with Crippen LogP contribution in [-0.4, -0.2) is 92.1 Å². The van der Waals surface area contributed by atoms with Crippen molar-refractivity contribution in [1.82, 2.24) is 14.1 Å². The van der Waals surface area contributed by atoms with Gasteiger partial charge in [0.1, 0.15) is 0 Å². The molecule has 2 heterocycles. The zero-order valence-electron chi connectivity index (χ0n) is 22.1. The van der Waals surface area contributed by atoms with Crippen molar-refractivity contribution in [3.05, 3.63) is 35.4 Å². The second kappa shape index (κ2) is 13.8. The van der Waals surface area contributed by atoms with Crippen LogP contribution < -0.4 is 0 Å². The first-order valence-electron chi connectivity index (χ1n) is 14.2. The first-order valence-corrected chi connectivity index (χ1v) is 15.7. The number of nitrogens with zero attached hydrogens (tertiary/aromatic N) is 3. The predicted octanol–water partition coefficient (Wildman–Crippen LogP) is 3.92. The van der Waals surface area contributed by atoms with Gasteiger partial charge in [-0.2, -0.15) is 0 Å². The Hall–Kier alpha value is -1.81. The fourth-order valence-electron chi connectivity index (χ4n) is 5.77. The van der Waals surface area contributed by atoms with E-state index in [0.717, 1.165) is 103 Å². The monoisotopic (exact) mass is 533 g/mol. The third kappa shape index (κ3) is 7.40. The lowest BCUT2D eigenvalue weighted by molar-refractivity contribution is 0.0368. The molecule has 0 radical (unpaired) electrons. The van der Waals surface area contributed by atoms with Crippen LogP contribution >= 0.6 is 0 Å². The van der Waals surface area contributed by atoms with Crippen molar-refractivity contribution in [1.29, 1.82) is 0 Å². The lowest BCUT2D eigenvalue weighted by Gasteiger charge is -2.31. The summed E-state index contributed by atoms with van der Waals surface area (Å²) in [5, 5.41) is -0.218. The van der Waals surface area contributed by atoms with Crippen LogP contribution in [0.1, 0.15) is 91.3 Å². The van der Waals surface area contributed by atoms with Crippen molar-refractivity contribution in [2.45, 2.75) is 75.9 Å². The van der Waals surface area contributed by atoms with Crippen LogP contribution in [0.4, 0.5) is 0 Å². The molecule has 0 unspecified atom stereocenters. The van der Waals surface area contributed by atoms with Crippen molar-refractivity contribution >= 4 is 21.8 Å². The minimum absolute atomic E-state index is 0.193. The average Bonchev–Trinajstić information content (AvgIpc) is 3.17. The van der Waals surface area contributed by atoms with Gasteiger partial charge in [-0.25, -0.2) is 12.7 Å². The third-order valence-electron chi connectivity index (χ3n) is 7.99. The molecule has 1 saturated heterocycles. The minimum Gasteiger partial charge on any atom is -0.379 e. The van der Waals surface area contributed by atoms with Gasteiger partial charge >= 0.3 is 0 Å². The second-order valence-electron chi connectivity index (χ2n) is 10.6. The van der Waals surface area contributed by atoms with Gasteiger partial charge in [0, 0.05) is 32.7 Å². The van der Waals surface area contributed by atoms with Gasteiger partial charge in [-0.05, 0) is 50.8 Å². The summed E-state index contributed by atoms with van der Waals surface area (Å²) in [6.45, 7) is 5.91. The molecule has 8 nitrogen and oxygen atoms in total. The lowest BCUT2D eigenvalue weighted by Crippen LogP contribution is -2.42. The van der Waals surface area contributed by atoms with Crippen LogP contribution in [0.25, 0.3) is 0 Å². The van der Waals surface area contributed by atoms with Crippen LogP contribution in [-0.2, 0) is 14.8 Å². The summed E-state index contributed by atoms with van der Waals surface area (Å²) in [7, 11) is -3.27. The molecule has 2 fully saturated rings. The number of ether oxygens (including phenoxy) is 1. The first kappa shape index (κ1) is 28.2. The number of fused-ring (bicyclic) bond motifs is 1. The molecule has 37 heavy (non-hydrogen) atoms. The highest BCUT2D eigenvalue weighted by molar-refractivity contribution is 7.89. The van der Waals surface area contributed by atoms with E-state index in [1.807, 2.05) is 0 Å². The number of rotatable bonds is 14. The van der Waals surface area contributed by atoms with Crippen molar-refractivity contribution in [2.24, 2.45) is 0 Å². The Morgan fingerprint density at radius 3 is 2.05 bits per heavy atom. The number of unbranched alkanes of at least 4 members (excludes halogenated alkanes) is 4. The molecule has 206 valence electrons. The smallest absolute Gasteiger partial charge is 0.261 e. The van der Waals surface area contributed by atoms with E-state index in [9.17, 15) is 18.0 Å². The summed E-state index contributed by atoms with van der Waals surface area (Å²) < 4.78 is 34.1. The summed E-state index contributed by atoms with van der Waals surface area (Å²) in [5.74, 6) is -0.387. The number of amides is 2. The summed E-state index contributed by atoms with van der Waals surface area (Å²) in [6, 6.07) is 7.00. The SMILES string of the molecule is O=C1c2ccccc2C(=O)N1CCCCCCCN(CCCN1CCOCC1)S(=O)(=O)C1CCCCC1. The molecule has 3 aliphatic rings. The number of carbonyl (C=O) groups excluding carboxylic acids is 2. The molecule has 0 bridgehead atoms. The standard InChI is InChI=1S/C28H43N3O5S/c32-27-25-14-7-8-15-26(25)28(33)31(27)19-10-3-1-2-9-17-30(18-11-16-29-20-22-36-23-21-29)37(34,35)24-12-5-4-6-13-24/h7-8,14-15,24H,1-6,9-13,16-23H2. The number of imide groups is 1. The van der Waals surface area contributed by atoms with Crippen molar-refractivity contribution in [2.75, 3.05) is 52.5 Å². The molecule has 1 aromatic carbocycles. The highest BCUT2D eigenvalue weighted by Gasteiger charge is 2.35. The molecule has 1 saturated carbocycles. The largest absolute Gasteiger partial charge is 0.379 e. The predicted molar refractivity (Wildman–Crippen MR) is 144 cm³/mol. The minimum atomic E-state index is -3.27. The second-order valence-corrected chi connectivity index (χ2v) is 12.8. The molecule has 0 aromatic heterocycles. The normalized spacial score (nSPS) is 19.6. The van der Waals surface area contributed by atoms with E-state index < -0.39 is 10.0 Å². The van der Waals surface area contributed by atoms with Crippen molar-refractivity contribution < 1.29 is 22.7 Å². The topological polar surface area (TPSA) is 87.2 Å². The fourth-order valence-corrected chi connectivity index (χ4v) is 7.88. The molecule has 0 spiro atoms. The van der Waals surface area contributed by atoms with Gasteiger partial charge in [0.15, 0.2) is 0 Å². The van der Waals surface area contributed by atoms with Crippen LogP contribution in [0.5, 0.6) is 0 Å². The number of carbonyl (C=O) groups is 2. The van der Waals surface area contributed by atoms with E-state index >= 15 is 0 Å². The molecule has 4 rings (SSSR count). The van der Waals surface area contributed by atoms with Gasteiger partial charge in [-0.3, -0.25) is 19.4 Å². The van der Waals surface area contributed by atoms with Gasteiger partial charge in [0.05, 0.1) is 29.6 Å². The van der Waals surface area contributed by atoms with Crippen molar-refractivity contribution in [3.8, 4) is 0 Å². The molecule has 2 aliphatic heterocycles. The molecule has 0 atom stereocenters. The summed E-state index contributed by atoms with van der Waals surface area (Å²) in [4.78, 5) is 28.7. The van der Waals surface area contributed by atoms with E-state index in [1.54, 1.807) is 28.6 Å². The van der Waals surface area contributed by atoms with Crippen LogP contribution in [0.3, 0.4) is 0 Å². The molecular formula is C28H43N3O5S. The Labute approximate surface area is 222 Å². The summed E-state index contributed by atoms with van der Waals surface area (Å²) in [5.41, 5.74) is 1.00. The molecule has 1 aliphatic carbocycles. The molecule has 1 aromatic rings. The van der Waals surface area contributed by atoms with E-state index in [1.165, 1.54) is 4.90 Å². The highest BCUT2D eigenvalue weighted by atomic mass is 32.2. The van der Waals surface area contributed by atoms with Crippen LogP contribution in [0, 0.1) is 0 Å². The first-order chi connectivity index (χ1) is 18.0. The molecule has 2 amide bonds. The zero-order chi connectivity index (χ0) is 26.1. The van der Waals surface area contributed by atoms with E-state index in [4.69, 9.17) is 4.74 Å². The maximum absolute atomic E-state index is 13.5. The summed E-state index contributed by atoms with van der Waals surface area (Å²) >= 11 is 0. The number of hydrogen-bond acceptors (Lipinski definition) is 6. The summed E-state index contributed by atoms with van der Waals surface area (Å²) in [6.07, 6.45) is 10.1. The Balaban J connectivity index is 1.19. The maximum Gasteiger partial charge on any atom is 0.261 e. The Bertz CT molecular complexity index is 968. The van der Waals surface area contributed by atoms with Gasteiger partial charge in [0.25, 0.3) is 11.8 Å². The molecule has 0 N–H and O–H groups in total. The third-order valence-corrected chi connectivity index (χ3v) is 10.4. The van der Waals surface area contributed by atoms with E-state index in [0.29, 0.717) is 30.8 Å². The highest BCUT2D eigenvalue weighted by Crippen LogP contribution is 2.27. The van der Waals surface area contributed by atoms with Gasteiger partial charge in [-0.15, -0.1) is 0 Å². The van der Waals surface area contributed by atoms with Gasteiger partial charge < -0.3 is 4.74 Å². The lowest BCUT2D eigenvalue weighted by atomic mass is 10.0. The molecule has 9 heteroatoms. The Kier molecular flexibility index (Phi) is 10.5. The van der Waals surface area contributed by atoms with Crippen LogP contribution in [0.2, 0.25) is 0 Å². The van der Waals surface area contributed by atoms with E-state index in [2.05, 4.69) is 4.90 Å². The quantitative estimate of drug-likeness (QED) is 0.266. The number of sulfonamides is 1. The van der Waals surface area contributed by atoms with Crippen molar-refractivity contribution in [3.63, 3.8) is 0 Å². The van der Waals surface area contributed by atoms with Gasteiger partial charge in [0.2, 0.25) is 10.0 Å². The average molecular weight is 534 g/mol.